The fourth-order valence-corrected chi connectivity index (χ4v) is 1.19. The molecule has 64 valence electrons. The summed E-state index contributed by atoms with van der Waals surface area (Å²) in [4.78, 5) is 12.9. The van der Waals surface area contributed by atoms with Gasteiger partial charge in [-0.2, -0.15) is 4.39 Å². The van der Waals surface area contributed by atoms with Crippen LogP contribution < -0.4 is 5.73 Å². The summed E-state index contributed by atoms with van der Waals surface area (Å²) in [5, 5.41) is 15.1. The quantitative estimate of drug-likeness (QED) is 0.459. The second-order valence-electron chi connectivity index (χ2n) is 1.86. The average molecular weight is 189 g/mol. The maximum atomic E-state index is 12.6. The summed E-state index contributed by atoms with van der Waals surface area (Å²) >= 11 is 0.541. The van der Waals surface area contributed by atoms with Crippen LogP contribution in [0.5, 0.6) is 0 Å². The Morgan fingerprint density at radius 3 is 2.58 bits per heavy atom. The van der Waals surface area contributed by atoms with Gasteiger partial charge >= 0.3 is 5.97 Å². The molecule has 1 aromatic rings. The van der Waals surface area contributed by atoms with E-state index < -0.39 is 22.6 Å². The van der Waals surface area contributed by atoms with Gasteiger partial charge in [0.1, 0.15) is 0 Å². The lowest BCUT2D eigenvalue weighted by Crippen LogP contribution is -2.10. The van der Waals surface area contributed by atoms with Crippen LogP contribution in [0.25, 0.3) is 0 Å². The van der Waals surface area contributed by atoms with Crippen molar-refractivity contribution in [3.8, 4) is 0 Å². The highest BCUT2D eigenvalue weighted by Gasteiger charge is 2.17. The lowest BCUT2D eigenvalue weighted by Gasteiger charge is -1.84. The molecule has 0 saturated heterocycles. The molecule has 0 bridgehead atoms. The zero-order valence-electron chi connectivity index (χ0n) is 5.67. The van der Waals surface area contributed by atoms with Crippen molar-refractivity contribution in [3.05, 3.63) is 15.8 Å². The molecule has 0 spiro atoms. The van der Waals surface area contributed by atoms with Gasteiger partial charge in [-0.25, -0.2) is 9.78 Å². The normalized spacial score (nSPS) is 9.75. The Kier molecular flexibility index (Phi) is 2.05. The number of carboxylic acid groups (broad SMARTS) is 1. The summed E-state index contributed by atoms with van der Waals surface area (Å²) in [6, 6.07) is 0. The minimum atomic E-state index is -1.41. The van der Waals surface area contributed by atoms with Crippen molar-refractivity contribution in [1.82, 2.24) is 4.98 Å². The summed E-state index contributed by atoms with van der Waals surface area (Å²) in [6.45, 7) is 0. The van der Waals surface area contributed by atoms with Crippen molar-refractivity contribution in [2.75, 3.05) is 0 Å². The lowest BCUT2D eigenvalue weighted by molar-refractivity contribution is 0.0697. The Morgan fingerprint density at radius 1 is 1.75 bits per heavy atom. The molecule has 0 saturated carbocycles. The highest BCUT2D eigenvalue weighted by molar-refractivity contribution is 7.15. The van der Waals surface area contributed by atoms with Gasteiger partial charge in [-0.05, 0) is 0 Å². The number of carbonyl (C=O) groups is 1. The third-order valence-corrected chi connectivity index (χ3v) is 2.06. The van der Waals surface area contributed by atoms with Gasteiger partial charge in [-0.1, -0.05) is 0 Å². The van der Waals surface area contributed by atoms with Crippen LogP contribution in [-0.2, 0) is 0 Å². The number of aromatic nitrogens is 1. The van der Waals surface area contributed by atoms with E-state index in [1.807, 2.05) is 0 Å². The fourth-order valence-electron chi connectivity index (χ4n) is 0.549. The van der Waals surface area contributed by atoms with Crippen LogP contribution in [0, 0.1) is 11.4 Å². The molecule has 12 heavy (non-hydrogen) atoms. The number of hydrogen-bond donors (Lipinski definition) is 3. The van der Waals surface area contributed by atoms with E-state index in [1.54, 1.807) is 0 Å². The van der Waals surface area contributed by atoms with E-state index in [4.69, 9.17) is 16.2 Å². The number of carboxylic acids is 1. The van der Waals surface area contributed by atoms with Crippen LogP contribution in [0.2, 0.25) is 0 Å². The second-order valence-corrected chi connectivity index (χ2v) is 2.86. The number of nitrogens with one attached hydrogen (secondary N) is 1. The van der Waals surface area contributed by atoms with E-state index in [9.17, 15) is 9.18 Å². The van der Waals surface area contributed by atoms with Crippen LogP contribution >= 0.6 is 11.3 Å². The van der Waals surface area contributed by atoms with Crippen molar-refractivity contribution in [2.24, 2.45) is 5.73 Å². The lowest BCUT2D eigenvalue weighted by atomic mass is 10.5. The molecule has 5 nitrogen and oxygen atoms in total. The number of nitrogens with zero attached hydrogens (tertiary/aromatic N) is 1. The molecule has 0 radical (unpaired) electrons. The second kappa shape index (κ2) is 2.86. The Morgan fingerprint density at radius 2 is 2.33 bits per heavy atom. The number of amidine groups is 1. The topological polar surface area (TPSA) is 100 Å². The summed E-state index contributed by atoms with van der Waals surface area (Å²) in [6.07, 6.45) is 0. The van der Waals surface area contributed by atoms with E-state index in [2.05, 4.69) is 4.98 Å². The van der Waals surface area contributed by atoms with Crippen molar-refractivity contribution in [3.63, 3.8) is 0 Å². The standard InChI is InChI=1S/C5H4FN3O2S/c6-2-1(5(10)11)12-4(9-2)3(7)8/h(H3,7,8)(H,10,11). The Balaban J connectivity index is 3.17. The Bertz CT molecular complexity index is 348. The van der Waals surface area contributed by atoms with E-state index in [0.29, 0.717) is 11.3 Å². The van der Waals surface area contributed by atoms with Gasteiger partial charge in [0.2, 0.25) is 5.95 Å². The predicted molar refractivity (Wildman–Crippen MR) is 40.0 cm³/mol. The third-order valence-electron chi connectivity index (χ3n) is 1.01. The molecule has 0 aromatic carbocycles. The van der Waals surface area contributed by atoms with Crippen molar-refractivity contribution in [1.29, 1.82) is 5.41 Å². The zero-order valence-corrected chi connectivity index (χ0v) is 6.48. The van der Waals surface area contributed by atoms with Gasteiger partial charge in [0.25, 0.3) is 0 Å². The van der Waals surface area contributed by atoms with Crippen LogP contribution in [0.1, 0.15) is 14.7 Å². The number of nitrogens with two attached hydrogens (primary N) is 1. The average Bonchev–Trinajstić information content (AvgIpc) is 2.30. The highest BCUT2D eigenvalue weighted by Crippen LogP contribution is 2.16. The van der Waals surface area contributed by atoms with Crippen molar-refractivity contribution >= 4 is 23.1 Å². The molecule has 0 fully saturated rings. The number of nitrogen functional groups attached to an aromatic ring is 1. The first-order valence-electron chi connectivity index (χ1n) is 2.76. The molecular formula is C5H4FN3O2S. The number of hydrogen-bond acceptors (Lipinski definition) is 4. The number of rotatable bonds is 2. The molecule has 1 aromatic heterocycles. The predicted octanol–water partition coefficient (Wildman–Crippen LogP) is 0.264. The highest BCUT2D eigenvalue weighted by atomic mass is 32.1. The fraction of sp³-hybridized carbons (Fsp3) is 0. The molecule has 1 heterocycles. The summed E-state index contributed by atoms with van der Waals surface area (Å²) in [7, 11) is 0. The number of aromatic carboxylic acids is 1. The molecular weight excluding hydrogens is 185 g/mol. The number of halogens is 1. The molecule has 0 atom stereocenters. The van der Waals surface area contributed by atoms with E-state index in [1.165, 1.54) is 0 Å². The SMILES string of the molecule is N=C(N)c1nc(F)c(C(=O)O)s1. The van der Waals surface area contributed by atoms with E-state index in [0.717, 1.165) is 0 Å². The molecule has 0 unspecified atom stereocenters. The van der Waals surface area contributed by atoms with Crippen LogP contribution in [0.4, 0.5) is 4.39 Å². The molecule has 0 aliphatic carbocycles. The van der Waals surface area contributed by atoms with Gasteiger partial charge in [0, 0.05) is 0 Å². The summed E-state index contributed by atoms with van der Waals surface area (Å²) < 4.78 is 12.6. The van der Waals surface area contributed by atoms with E-state index >= 15 is 0 Å². The Hall–Kier alpha value is -1.50. The summed E-state index contributed by atoms with van der Waals surface area (Å²) in [5.41, 5.74) is 4.97. The molecule has 0 amide bonds. The maximum absolute atomic E-state index is 12.6. The van der Waals surface area contributed by atoms with Gasteiger partial charge < -0.3 is 10.8 Å². The molecule has 0 aliphatic rings. The molecule has 7 heteroatoms. The molecule has 4 N–H and O–H groups in total. The van der Waals surface area contributed by atoms with Crippen LogP contribution in [-0.4, -0.2) is 21.9 Å². The van der Waals surface area contributed by atoms with Gasteiger partial charge in [0.05, 0.1) is 0 Å². The third kappa shape index (κ3) is 1.40. The zero-order chi connectivity index (χ0) is 9.30. The van der Waals surface area contributed by atoms with Crippen molar-refractivity contribution in [2.45, 2.75) is 0 Å². The molecule has 1 rings (SSSR count). The van der Waals surface area contributed by atoms with Gasteiger partial charge in [-0.3, -0.25) is 5.41 Å². The first-order valence-corrected chi connectivity index (χ1v) is 3.58. The summed E-state index contributed by atoms with van der Waals surface area (Å²) in [5.74, 6) is -2.94. The Labute approximate surface area is 70.2 Å². The van der Waals surface area contributed by atoms with Crippen molar-refractivity contribution < 1.29 is 14.3 Å². The van der Waals surface area contributed by atoms with E-state index in [-0.39, 0.29) is 5.01 Å². The maximum Gasteiger partial charge on any atom is 0.350 e. The van der Waals surface area contributed by atoms with Crippen LogP contribution in [0.3, 0.4) is 0 Å². The minimum absolute atomic E-state index is 0.120. The largest absolute Gasteiger partial charge is 0.477 e. The monoisotopic (exact) mass is 189 g/mol. The smallest absolute Gasteiger partial charge is 0.350 e. The van der Waals surface area contributed by atoms with Gasteiger partial charge in [-0.15, -0.1) is 11.3 Å². The molecule has 0 aliphatic heterocycles. The van der Waals surface area contributed by atoms with Crippen LogP contribution in [0.15, 0.2) is 0 Å². The first-order chi connectivity index (χ1) is 5.52. The first kappa shape index (κ1) is 8.60. The number of thiazole rings is 1. The minimum Gasteiger partial charge on any atom is -0.477 e. The van der Waals surface area contributed by atoms with Gasteiger partial charge in [0.15, 0.2) is 15.7 Å².